The summed E-state index contributed by atoms with van der Waals surface area (Å²) >= 11 is 0. The smallest absolute Gasteiger partial charge is 0.408 e. The van der Waals surface area contributed by atoms with Crippen LogP contribution in [0.2, 0.25) is 0 Å². The van der Waals surface area contributed by atoms with Crippen molar-refractivity contribution < 1.29 is 9.21 Å². The van der Waals surface area contributed by atoms with Gasteiger partial charge in [0.15, 0.2) is 5.58 Å². The first-order valence-electron chi connectivity index (χ1n) is 10.6. The van der Waals surface area contributed by atoms with Crippen molar-refractivity contribution in [1.29, 1.82) is 0 Å². The van der Waals surface area contributed by atoms with E-state index in [0.29, 0.717) is 35.9 Å². The van der Waals surface area contributed by atoms with Crippen molar-refractivity contribution in [3.05, 3.63) is 70.2 Å². The van der Waals surface area contributed by atoms with Gasteiger partial charge in [0.05, 0.1) is 5.52 Å². The number of H-pyrrole nitrogens is 1. The van der Waals surface area contributed by atoms with Crippen molar-refractivity contribution in [2.24, 2.45) is 5.92 Å². The van der Waals surface area contributed by atoms with Crippen molar-refractivity contribution in [1.82, 2.24) is 15.2 Å². The molecule has 0 saturated heterocycles. The number of benzene rings is 2. The summed E-state index contributed by atoms with van der Waals surface area (Å²) in [6.45, 7) is 0.577. The van der Waals surface area contributed by atoms with E-state index in [4.69, 9.17) is 4.42 Å². The number of carbonyl (C=O) groups excluding carboxylic acids is 1. The van der Waals surface area contributed by atoms with E-state index < -0.39 is 5.76 Å². The summed E-state index contributed by atoms with van der Waals surface area (Å²) in [5.41, 5.74) is 3.60. The van der Waals surface area contributed by atoms with Crippen LogP contribution in [0.3, 0.4) is 0 Å². The lowest BCUT2D eigenvalue weighted by Gasteiger charge is -2.25. The number of hydrogen-bond donors (Lipinski definition) is 2. The van der Waals surface area contributed by atoms with Crippen molar-refractivity contribution in [3.8, 4) is 0 Å². The van der Waals surface area contributed by atoms with E-state index in [1.165, 1.54) is 18.4 Å². The molecule has 3 aromatic rings. The molecule has 1 amide bonds. The Morgan fingerprint density at radius 1 is 1.20 bits per heavy atom. The number of hydrogen-bond acceptors (Lipinski definition) is 4. The molecule has 2 N–H and O–H groups in total. The molecule has 1 aliphatic carbocycles. The fourth-order valence-corrected chi connectivity index (χ4v) is 4.09. The molecule has 1 heterocycles. The third-order valence-electron chi connectivity index (χ3n) is 6.05. The van der Waals surface area contributed by atoms with Gasteiger partial charge >= 0.3 is 5.76 Å². The minimum Gasteiger partial charge on any atom is -0.408 e. The molecule has 2 atom stereocenters. The van der Waals surface area contributed by atoms with Crippen LogP contribution >= 0.6 is 0 Å². The molecule has 6 nitrogen and oxygen atoms in total. The van der Waals surface area contributed by atoms with Crippen molar-refractivity contribution in [2.45, 2.75) is 37.6 Å². The van der Waals surface area contributed by atoms with Gasteiger partial charge < -0.3 is 14.6 Å². The third kappa shape index (κ3) is 5.00. The summed E-state index contributed by atoms with van der Waals surface area (Å²) in [4.78, 5) is 28.9. The monoisotopic (exact) mass is 407 g/mol. The van der Waals surface area contributed by atoms with Crippen LogP contribution < -0.4 is 11.1 Å². The van der Waals surface area contributed by atoms with Gasteiger partial charge in [0.25, 0.3) is 0 Å². The first-order chi connectivity index (χ1) is 14.5. The van der Waals surface area contributed by atoms with E-state index in [0.717, 1.165) is 12.0 Å². The Morgan fingerprint density at radius 3 is 2.67 bits per heavy atom. The van der Waals surface area contributed by atoms with Crippen LogP contribution in [-0.4, -0.2) is 42.5 Å². The molecule has 1 aromatic heterocycles. The largest absolute Gasteiger partial charge is 0.417 e. The number of carbonyl (C=O) groups is 1. The van der Waals surface area contributed by atoms with Crippen LogP contribution in [0, 0.1) is 5.92 Å². The molecule has 0 spiro atoms. The second kappa shape index (κ2) is 8.88. The average molecular weight is 408 g/mol. The predicted molar refractivity (Wildman–Crippen MR) is 118 cm³/mol. The van der Waals surface area contributed by atoms with Gasteiger partial charge in [0, 0.05) is 19.0 Å². The molecule has 1 unspecified atom stereocenters. The standard InChI is InChI=1S/C24H29N3O3/c1-27(2)19(12-16-8-11-21-22(13-16)30-24(29)26-21)15-25-23(28)14-20(18-9-10-18)17-6-4-3-5-7-17/h3-8,11,13,18-20H,9-10,12,14-15H2,1-2H3,(H,25,28)(H,26,29)/t19-,20?/m0/s1. The van der Waals surface area contributed by atoms with Crippen LogP contribution in [-0.2, 0) is 11.2 Å². The van der Waals surface area contributed by atoms with Gasteiger partial charge in [-0.05, 0) is 68.5 Å². The third-order valence-corrected chi connectivity index (χ3v) is 6.05. The van der Waals surface area contributed by atoms with Crippen LogP contribution in [0.1, 0.15) is 36.3 Å². The molecule has 0 aliphatic heterocycles. The van der Waals surface area contributed by atoms with Crippen LogP contribution in [0.4, 0.5) is 0 Å². The minimum absolute atomic E-state index is 0.106. The quantitative estimate of drug-likeness (QED) is 0.571. The Morgan fingerprint density at radius 2 is 1.97 bits per heavy atom. The molecule has 4 rings (SSSR count). The Labute approximate surface area is 176 Å². The lowest BCUT2D eigenvalue weighted by Crippen LogP contribution is -2.42. The summed E-state index contributed by atoms with van der Waals surface area (Å²) in [5.74, 6) is 0.602. The van der Waals surface area contributed by atoms with Gasteiger partial charge in [-0.1, -0.05) is 36.4 Å². The molecule has 30 heavy (non-hydrogen) atoms. The summed E-state index contributed by atoms with van der Waals surface area (Å²) in [6, 6.07) is 16.3. The molecular formula is C24H29N3O3. The number of aromatic nitrogens is 1. The number of nitrogens with one attached hydrogen (secondary N) is 2. The summed E-state index contributed by atoms with van der Waals surface area (Å²) in [5, 5.41) is 3.15. The van der Waals surface area contributed by atoms with Crippen molar-refractivity contribution in [3.63, 3.8) is 0 Å². The zero-order chi connectivity index (χ0) is 21.1. The number of likely N-dealkylation sites (N-methyl/N-ethyl adjacent to an activating group) is 1. The highest BCUT2D eigenvalue weighted by Gasteiger charge is 2.33. The Bertz CT molecular complexity index is 1050. The second-order valence-corrected chi connectivity index (χ2v) is 8.53. The normalized spacial score (nSPS) is 16.0. The highest BCUT2D eigenvalue weighted by molar-refractivity contribution is 5.77. The number of oxazole rings is 1. The molecule has 1 saturated carbocycles. The molecule has 0 bridgehead atoms. The second-order valence-electron chi connectivity index (χ2n) is 8.53. The molecule has 1 aliphatic rings. The maximum atomic E-state index is 12.7. The Balaban J connectivity index is 1.36. The van der Waals surface area contributed by atoms with Crippen LogP contribution in [0.25, 0.3) is 11.1 Å². The van der Waals surface area contributed by atoms with E-state index in [-0.39, 0.29) is 11.9 Å². The van der Waals surface area contributed by atoms with Gasteiger partial charge in [-0.15, -0.1) is 0 Å². The first kappa shape index (κ1) is 20.4. The highest BCUT2D eigenvalue weighted by atomic mass is 16.4. The molecule has 158 valence electrons. The topological polar surface area (TPSA) is 78.3 Å². The average Bonchev–Trinajstić information content (AvgIpc) is 3.50. The number of rotatable bonds is 9. The van der Waals surface area contributed by atoms with E-state index in [9.17, 15) is 9.59 Å². The zero-order valence-electron chi connectivity index (χ0n) is 17.6. The predicted octanol–water partition coefficient (Wildman–Crippen LogP) is 3.29. The Hall–Kier alpha value is -2.86. The lowest BCUT2D eigenvalue weighted by atomic mass is 9.90. The van der Waals surface area contributed by atoms with E-state index in [1.807, 2.05) is 50.5 Å². The van der Waals surface area contributed by atoms with E-state index in [2.05, 4.69) is 27.3 Å². The van der Waals surface area contributed by atoms with Gasteiger partial charge in [-0.25, -0.2) is 4.79 Å². The molecule has 0 radical (unpaired) electrons. The van der Waals surface area contributed by atoms with Crippen molar-refractivity contribution >= 4 is 17.0 Å². The number of nitrogens with zero attached hydrogens (tertiary/aromatic N) is 1. The van der Waals surface area contributed by atoms with Gasteiger partial charge in [0.2, 0.25) is 5.91 Å². The van der Waals surface area contributed by atoms with Crippen molar-refractivity contribution in [2.75, 3.05) is 20.6 Å². The summed E-state index contributed by atoms with van der Waals surface area (Å²) in [7, 11) is 4.03. The number of fused-ring (bicyclic) bond motifs is 1. The van der Waals surface area contributed by atoms with Gasteiger partial charge in [-0.3, -0.25) is 9.78 Å². The Kier molecular flexibility index (Phi) is 6.04. The summed E-state index contributed by atoms with van der Waals surface area (Å²) in [6.07, 6.45) is 3.72. The van der Waals surface area contributed by atoms with Crippen LogP contribution in [0.15, 0.2) is 57.7 Å². The van der Waals surface area contributed by atoms with E-state index >= 15 is 0 Å². The van der Waals surface area contributed by atoms with Gasteiger partial charge in [-0.2, -0.15) is 0 Å². The molecular weight excluding hydrogens is 378 g/mol. The zero-order valence-corrected chi connectivity index (χ0v) is 17.6. The van der Waals surface area contributed by atoms with E-state index in [1.54, 1.807) is 0 Å². The van der Waals surface area contributed by atoms with Crippen LogP contribution in [0.5, 0.6) is 0 Å². The fourth-order valence-electron chi connectivity index (χ4n) is 4.09. The maximum Gasteiger partial charge on any atom is 0.417 e. The first-order valence-corrected chi connectivity index (χ1v) is 10.6. The summed E-state index contributed by atoms with van der Waals surface area (Å²) < 4.78 is 5.17. The minimum atomic E-state index is -0.442. The molecule has 6 heteroatoms. The highest BCUT2D eigenvalue weighted by Crippen LogP contribution is 2.44. The molecule has 2 aromatic carbocycles. The van der Waals surface area contributed by atoms with Gasteiger partial charge in [0.1, 0.15) is 0 Å². The SMILES string of the molecule is CN(C)[C@H](CNC(=O)CC(c1ccccc1)C1CC1)Cc1ccc2[nH]c(=O)oc2c1. The maximum absolute atomic E-state index is 12.7. The fraction of sp³-hybridized carbons (Fsp3) is 0.417. The molecule has 1 fully saturated rings. The number of amides is 1. The number of aromatic amines is 1. The lowest BCUT2D eigenvalue weighted by molar-refractivity contribution is -0.121.